The van der Waals surface area contributed by atoms with Crippen LogP contribution in [0.5, 0.6) is 0 Å². The highest BCUT2D eigenvalue weighted by Gasteiger charge is 2.17. The highest BCUT2D eigenvalue weighted by Crippen LogP contribution is 2.28. The molecule has 0 spiro atoms. The van der Waals surface area contributed by atoms with E-state index in [0.717, 1.165) is 6.07 Å². The second kappa shape index (κ2) is 5.03. The number of pyridine rings is 1. The lowest BCUT2D eigenvalue weighted by Crippen LogP contribution is -2.05. The van der Waals surface area contributed by atoms with Gasteiger partial charge in [0.1, 0.15) is 5.82 Å². The summed E-state index contributed by atoms with van der Waals surface area (Å²) in [5, 5.41) is 8.76. The summed E-state index contributed by atoms with van der Waals surface area (Å²) in [4.78, 5) is 3.87. The Morgan fingerprint density at radius 2 is 2.27 bits per heavy atom. The number of hydrogen-bond acceptors (Lipinski definition) is 3. The lowest BCUT2D eigenvalue weighted by molar-refractivity contribution is 0.150. The fraction of sp³-hybridized carbons (Fsp3) is 0.333. The number of nitrogens with two attached hydrogens (primary N) is 1. The molecular formula is C9H8BrF2N3. The van der Waals surface area contributed by atoms with Gasteiger partial charge in [0.2, 0.25) is 0 Å². The first-order valence-electron chi connectivity index (χ1n) is 4.09. The summed E-state index contributed by atoms with van der Waals surface area (Å²) in [6, 6.07) is 3.01. The van der Waals surface area contributed by atoms with Crippen LogP contribution in [-0.4, -0.2) is 4.98 Å². The molecule has 1 heterocycles. The average Bonchev–Trinajstić information content (AvgIpc) is 2.17. The van der Waals surface area contributed by atoms with Crippen molar-refractivity contribution in [1.82, 2.24) is 4.98 Å². The van der Waals surface area contributed by atoms with Crippen molar-refractivity contribution < 1.29 is 8.78 Å². The zero-order valence-electron chi connectivity index (χ0n) is 7.67. The molecule has 0 fully saturated rings. The quantitative estimate of drug-likeness (QED) is 0.863. The smallest absolute Gasteiger partial charge is 0.264 e. The molecule has 0 bridgehead atoms. The van der Waals surface area contributed by atoms with Gasteiger partial charge in [-0.05, 0) is 11.6 Å². The van der Waals surface area contributed by atoms with Gasteiger partial charge in [0, 0.05) is 10.9 Å². The molecule has 0 aromatic carbocycles. The second-order valence-corrected chi connectivity index (χ2v) is 3.39. The zero-order valence-corrected chi connectivity index (χ0v) is 9.26. The van der Waals surface area contributed by atoms with E-state index in [2.05, 4.69) is 20.9 Å². The summed E-state index contributed by atoms with van der Waals surface area (Å²) in [6.45, 7) is 0. The minimum Gasteiger partial charge on any atom is -0.384 e. The van der Waals surface area contributed by atoms with E-state index in [0.29, 0.717) is 11.3 Å². The molecule has 80 valence electrons. The Morgan fingerprint density at radius 1 is 1.60 bits per heavy atom. The molecule has 0 amide bonds. The first kappa shape index (κ1) is 11.9. The number of nitriles is 1. The van der Waals surface area contributed by atoms with Gasteiger partial charge in [-0.25, -0.2) is 13.8 Å². The van der Waals surface area contributed by atoms with E-state index in [4.69, 9.17) is 11.0 Å². The summed E-state index contributed by atoms with van der Waals surface area (Å²) < 4.78 is 25.3. The van der Waals surface area contributed by atoms with E-state index in [1.807, 2.05) is 6.07 Å². The summed E-state index contributed by atoms with van der Waals surface area (Å²) in [5.74, 6) is 0.0141. The summed E-state index contributed by atoms with van der Waals surface area (Å²) in [7, 11) is 0. The van der Waals surface area contributed by atoms with Crippen molar-refractivity contribution in [3.05, 3.63) is 22.9 Å². The number of hydrogen-bond donors (Lipinski definition) is 1. The van der Waals surface area contributed by atoms with Gasteiger partial charge < -0.3 is 5.73 Å². The molecule has 0 saturated heterocycles. The monoisotopic (exact) mass is 275 g/mol. The molecule has 1 rings (SSSR count). The maximum Gasteiger partial charge on any atom is 0.264 e. The van der Waals surface area contributed by atoms with Crippen LogP contribution in [0.25, 0.3) is 0 Å². The van der Waals surface area contributed by atoms with Crippen molar-refractivity contribution in [3.63, 3.8) is 0 Å². The predicted octanol–water partition coefficient (Wildman–Crippen LogP) is 2.56. The predicted molar refractivity (Wildman–Crippen MR) is 55.6 cm³/mol. The van der Waals surface area contributed by atoms with Crippen LogP contribution in [-0.2, 0) is 11.8 Å². The van der Waals surface area contributed by atoms with E-state index >= 15 is 0 Å². The first-order valence-corrected chi connectivity index (χ1v) is 5.21. The number of nitrogen functional groups attached to an aromatic ring is 1. The Morgan fingerprint density at radius 3 is 2.73 bits per heavy atom. The van der Waals surface area contributed by atoms with Crippen molar-refractivity contribution in [1.29, 1.82) is 5.26 Å². The summed E-state index contributed by atoms with van der Waals surface area (Å²) in [5.41, 5.74) is 5.88. The van der Waals surface area contributed by atoms with E-state index in [9.17, 15) is 8.78 Å². The molecule has 6 heteroatoms. The molecule has 0 radical (unpaired) electrons. The average molecular weight is 276 g/mol. The van der Waals surface area contributed by atoms with Crippen molar-refractivity contribution in [2.24, 2.45) is 0 Å². The van der Waals surface area contributed by atoms with Gasteiger partial charge in [0.05, 0.1) is 18.2 Å². The molecule has 0 aliphatic carbocycles. The lowest BCUT2D eigenvalue weighted by Gasteiger charge is -2.10. The number of aromatic nitrogens is 1. The lowest BCUT2D eigenvalue weighted by atomic mass is 10.1. The van der Waals surface area contributed by atoms with E-state index < -0.39 is 6.43 Å². The Balaban J connectivity index is 3.33. The molecule has 1 aromatic rings. The van der Waals surface area contributed by atoms with Crippen LogP contribution < -0.4 is 5.73 Å². The number of halogens is 3. The summed E-state index contributed by atoms with van der Waals surface area (Å²) in [6.07, 6.45) is -2.63. The van der Waals surface area contributed by atoms with Gasteiger partial charge >= 0.3 is 0 Å². The molecule has 0 saturated carbocycles. The summed E-state index contributed by atoms with van der Waals surface area (Å²) >= 11 is 3.10. The van der Waals surface area contributed by atoms with Gasteiger partial charge in [-0.3, -0.25) is 0 Å². The van der Waals surface area contributed by atoms with Crippen molar-refractivity contribution in [3.8, 4) is 6.07 Å². The molecule has 1 aromatic heterocycles. The van der Waals surface area contributed by atoms with Crippen LogP contribution in [0.15, 0.2) is 6.07 Å². The highest BCUT2D eigenvalue weighted by molar-refractivity contribution is 9.08. The third kappa shape index (κ3) is 2.63. The van der Waals surface area contributed by atoms with Crippen molar-refractivity contribution >= 4 is 21.7 Å². The molecule has 0 aliphatic rings. The third-order valence-electron chi connectivity index (χ3n) is 1.88. The van der Waals surface area contributed by atoms with Crippen LogP contribution in [0.4, 0.5) is 14.6 Å². The zero-order chi connectivity index (χ0) is 11.4. The fourth-order valence-electron chi connectivity index (χ4n) is 1.24. The molecule has 0 atom stereocenters. The van der Waals surface area contributed by atoms with Gasteiger partial charge in [-0.1, -0.05) is 15.9 Å². The maximum absolute atomic E-state index is 12.6. The van der Waals surface area contributed by atoms with Crippen LogP contribution in [0.2, 0.25) is 0 Å². The minimum atomic E-state index is -2.61. The largest absolute Gasteiger partial charge is 0.384 e. The first-order chi connectivity index (χ1) is 7.10. The van der Waals surface area contributed by atoms with Crippen LogP contribution in [0.3, 0.4) is 0 Å². The molecule has 0 unspecified atom stereocenters. The maximum atomic E-state index is 12.6. The Hall–Kier alpha value is -1.22. The Bertz CT molecular complexity index is 401. The molecular weight excluding hydrogens is 268 g/mol. The third-order valence-corrected chi connectivity index (χ3v) is 2.44. The standard InChI is InChI=1S/C9H8BrF2N3/c10-4-6-5(9(11)12)3-8(14)15-7(6)1-2-13/h3,9H,1,4H2,(H2,14,15). The number of alkyl halides is 3. The van der Waals surface area contributed by atoms with Gasteiger partial charge in [0.15, 0.2) is 0 Å². The van der Waals surface area contributed by atoms with Gasteiger partial charge in [-0.2, -0.15) is 5.26 Å². The molecule has 2 N–H and O–H groups in total. The van der Waals surface area contributed by atoms with Crippen molar-refractivity contribution in [2.45, 2.75) is 18.2 Å². The van der Waals surface area contributed by atoms with Crippen LogP contribution in [0, 0.1) is 11.3 Å². The fourth-order valence-corrected chi connectivity index (χ4v) is 1.89. The topological polar surface area (TPSA) is 62.7 Å². The van der Waals surface area contributed by atoms with Crippen LogP contribution in [0.1, 0.15) is 23.2 Å². The molecule has 0 aliphatic heterocycles. The Labute approximate surface area is 94.0 Å². The Kier molecular flexibility index (Phi) is 3.97. The van der Waals surface area contributed by atoms with E-state index in [1.54, 1.807) is 0 Å². The van der Waals surface area contributed by atoms with Gasteiger partial charge in [-0.15, -0.1) is 0 Å². The molecule has 3 nitrogen and oxygen atoms in total. The van der Waals surface area contributed by atoms with E-state index in [-0.39, 0.29) is 23.1 Å². The number of nitrogens with zero attached hydrogens (tertiary/aromatic N) is 2. The number of rotatable bonds is 3. The highest BCUT2D eigenvalue weighted by atomic mass is 79.9. The second-order valence-electron chi connectivity index (χ2n) is 2.83. The minimum absolute atomic E-state index is 0.0141. The van der Waals surface area contributed by atoms with Crippen LogP contribution >= 0.6 is 15.9 Å². The normalized spacial score (nSPS) is 10.3. The molecule has 15 heavy (non-hydrogen) atoms. The van der Waals surface area contributed by atoms with Crippen molar-refractivity contribution in [2.75, 3.05) is 5.73 Å². The van der Waals surface area contributed by atoms with Gasteiger partial charge in [0.25, 0.3) is 6.43 Å². The van der Waals surface area contributed by atoms with E-state index in [1.165, 1.54) is 0 Å². The SMILES string of the molecule is N#CCc1nc(N)cc(C(F)F)c1CBr. The number of anilines is 1.